The van der Waals surface area contributed by atoms with Crippen molar-refractivity contribution in [2.24, 2.45) is 5.92 Å². The minimum absolute atomic E-state index is 0.254. The van der Waals surface area contributed by atoms with Crippen LogP contribution in [0.4, 0.5) is 5.95 Å². The summed E-state index contributed by atoms with van der Waals surface area (Å²) in [5, 5.41) is 2.84. The van der Waals surface area contributed by atoms with Gasteiger partial charge in [0.2, 0.25) is 12.7 Å². The molecule has 1 saturated heterocycles. The van der Waals surface area contributed by atoms with Crippen molar-refractivity contribution in [3.05, 3.63) is 36.0 Å². The molecule has 5 rings (SSSR count). The van der Waals surface area contributed by atoms with Gasteiger partial charge in [-0.05, 0) is 30.0 Å². The number of hydrazine groups is 1. The Balaban J connectivity index is 1.46. The van der Waals surface area contributed by atoms with E-state index in [1.54, 1.807) is 17.5 Å². The lowest BCUT2D eigenvalue weighted by Gasteiger charge is -2.20. The van der Waals surface area contributed by atoms with E-state index in [1.165, 1.54) is 0 Å². The van der Waals surface area contributed by atoms with Gasteiger partial charge in [0.15, 0.2) is 11.5 Å². The van der Waals surface area contributed by atoms with E-state index >= 15 is 0 Å². The first-order chi connectivity index (χ1) is 14.3. The maximum absolute atomic E-state index is 5.54. The molecule has 0 amide bonds. The lowest BCUT2D eigenvalue weighted by atomic mass is 10.1. The number of ether oxygens (including phenoxy) is 2. The number of fused-ring (bicyclic) bond motifs is 1. The van der Waals surface area contributed by atoms with E-state index in [9.17, 15) is 0 Å². The summed E-state index contributed by atoms with van der Waals surface area (Å²) < 4.78 is 11.0. The minimum Gasteiger partial charge on any atom is -0.454 e. The first-order valence-electron chi connectivity index (χ1n) is 9.62. The lowest BCUT2D eigenvalue weighted by Crippen LogP contribution is -2.24. The van der Waals surface area contributed by atoms with Crippen molar-refractivity contribution in [3.63, 3.8) is 0 Å². The summed E-state index contributed by atoms with van der Waals surface area (Å²) in [7, 11) is 2.04. The Kier molecular flexibility index (Phi) is 5.01. The molecular weight excluding hydrogens is 388 g/mol. The zero-order valence-corrected chi connectivity index (χ0v) is 16.9. The maximum atomic E-state index is 5.54. The Bertz CT molecular complexity index is 991. The third-order valence-electron chi connectivity index (χ3n) is 5.22. The van der Waals surface area contributed by atoms with Gasteiger partial charge in [-0.25, -0.2) is 15.0 Å². The predicted molar refractivity (Wildman–Crippen MR) is 112 cm³/mol. The molecule has 4 heterocycles. The second-order valence-corrected chi connectivity index (χ2v) is 8.07. The molecule has 0 radical (unpaired) electrons. The summed E-state index contributed by atoms with van der Waals surface area (Å²) in [5.74, 6) is 2.84. The zero-order valence-electron chi connectivity index (χ0n) is 16.1. The van der Waals surface area contributed by atoms with Crippen molar-refractivity contribution in [2.45, 2.75) is 6.42 Å². The van der Waals surface area contributed by atoms with Crippen LogP contribution < -0.4 is 25.2 Å². The molecule has 8 nitrogen and oxygen atoms in total. The highest BCUT2D eigenvalue weighted by molar-refractivity contribution is 7.13. The van der Waals surface area contributed by atoms with Crippen LogP contribution in [0.2, 0.25) is 0 Å². The van der Waals surface area contributed by atoms with Crippen molar-refractivity contribution < 1.29 is 9.47 Å². The van der Waals surface area contributed by atoms with E-state index in [-0.39, 0.29) is 6.79 Å². The SMILES string of the molecule is CN(CCC1CNNC1)c1ncc(-c2ccc3c(c2)OCO3)c(-c2nccs2)n1. The summed E-state index contributed by atoms with van der Waals surface area (Å²) in [5.41, 5.74) is 9.11. The van der Waals surface area contributed by atoms with E-state index in [1.807, 2.05) is 36.8 Å². The summed E-state index contributed by atoms with van der Waals surface area (Å²) >= 11 is 1.57. The molecule has 0 atom stereocenters. The Hall–Kier alpha value is -2.75. The summed E-state index contributed by atoms with van der Waals surface area (Å²) in [4.78, 5) is 16.1. The molecule has 0 bridgehead atoms. The third-order valence-corrected chi connectivity index (χ3v) is 5.99. The number of aromatic nitrogens is 3. The van der Waals surface area contributed by atoms with Gasteiger partial charge in [-0.15, -0.1) is 11.3 Å². The van der Waals surface area contributed by atoms with Crippen LogP contribution in [-0.4, -0.2) is 48.4 Å². The molecule has 9 heteroatoms. The fraction of sp³-hybridized carbons (Fsp3) is 0.350. The summed E-state index contributed by atoms with van der Waals surface area (Å²) in [6.07, 6.45) is 4.76. The van der Waals surface area contributed by atoms with Crippen LogP contribution in [0.1, 0.15) is 6.42 Å². The van der Waals surface area contributed by atoms with Gasteiger partial charge in [0.1, 0.15) is 10.7 Å². The van der Waals surface area contributed by atoms with Crippen LogP contribution in [0.3, 0.4) is 0 Å². The van der Waals surface area contributed by atoms with E-state index in [4.69, 9.17) is 14.5 Å². The highest BCUT2D eigenvalue weighted by Gasteiger charge is 2.20. The number of nitrogens with one attached hydrogen (secondary N) is 2. The molecule has 3 aromatic rings. The molecule has 2 N–H and O–H groups in total. The molecular formula is C20H22N6O2S. The summed E-state index contributed by atoms with van der Waals surface area (Å²) in [6.45, 7) is 3.16. The monoisotopic (exact) mass is 410 g/mol. The number of anilines is 1. The number of hydrogen-bond acceptors (Lipinski definition) is 9. The van der Waals surface area contributed by atoms with Gasteiger partial charge in [0, 0.05) is 50.0 Å². The average Bonchev–Trinajstić information content (AvgIpc) is 3.53. The number of hydrogen-bond donors (Lipinski definition) is 2. The summed E-state index contributed by atoms with van der Waals surface area (Å²) in [6, 6.07) is 5.90. The maximum Gasteiger partial charge on any atom is 0.231 e. The van der Waals surface area contributed by atoms with Gasteiger partial charge in [-0.2, -0.15) is 0 Å². The number of thiazole rings is 1. The van der Waals surface area contributed by atoms with Crippen molar-refractivity contribution in [2.75, 3.05) is 38.4 Å². The van der Waals surface area contributed by atoms with Crippen LogP contribution >= 0.6 is 11.3 Å². The van der Waals surface area contributed by atoms with Crippen molar-refractivity contribution in [1.29, 1.82) is 0 Å². The highest BCUT2D eigenvalue weighted by atomic mass is 32.1. The largest absolute Gasteiger partial charge is 0.454 e. The van der Waals surface area contributed by atoms with Crippen molar-refractivity contribution in [3.8, 4) is 33.3 Å². The second kappa shape index (κ2) is 7.94. The second-order valence-electron chi connectivity index (χ2n) is 7.18. The molecule has 1 fully saturated rings. The zero-order chi connectivity index (χ0) is 19.6. The van der Waals surface area contributed by atoms with Crippen molar-refractivity contribution >= 4 is 17.3 Å². The molecule has 0 saturated carbocycles. The highest BCUT2D eigenvalue weighted by Crippen LogP contribution is 2.39. The van der Waals surface area contributed by atoms with E-state index in [0.29, 0.717) is 11.9 Å². The van der Waals surface area contributed by atoms with Crippen LogP contribution in [0.15, 0.2) is 36.0 Å². The Morgan fingerprint density at radius 2 is 2.03 bits per heavy atom. The van der Waals surface area contributed by atoms with E-state index < -0.39 is 0 Å². The fourth-order valence-corrected chi connectivity index (χ4v) is 4.16. The number of nitrogens with zero attached hydrogens (tertiary/aromatic N) is 4. The molecule has 0 spiro atoms. The van der Waals surface area contributed by atoms with E-state index in [0.717, 1.165) is 59.4 Å². The van der Waals surface area contributed by atoms with Gasteiger partial charge in [-0.3, -0.25) is 10.9 Å². The lowest BCUT2D eigenvalue weighted by molar-refractivity contribution is 0.174. The van der Waals surface area contributed by atoms with Crippen LogP contribution in [0, 0.1) is 5.92 Å². The number of rotatable bonds is 6. The standard InChI is InChI=1S/C20H22N6O2S/c1-26(6-4-13-9-23-24-10-13)20-22-11-15(18(25-20)19-21-5-7-29-19)14-2-3-16-17(8-14)28-12-27-16/h2-3,5,7-8,11,13,23-24H,4,6,9-10,12H2,1H3. The molecule has 0 unspecified atom stereocenters. The van der Waals surface area contributed by atoms with Crippen LogP contribution in [0.25, 0.3) is 21.8 Å². The topological polar surface area (TPSA) is 84.4 Å². The molecule has 150 valence electrons. The van der Waals surface area contributed by atoms with Crippen molar-refractivity contribution in [1.82, 2.24) is 25.8 Å². The fourth-order valence-electron chi connectivity index (χ4n) is 3.52. The van der Waals surface area contributed by atoms with Crippen LogP contribution in [0.5, 0.6) is 11.5 Å². The van der Waals surface area contributed by atoms with Gasteiger partial charge < -0.3 is 14.4 Å². The first kappa shape index (κ1) is 18.3. The van der Waals surface area contributed by atoms with E-state index in [2.05, 4.69) is 25.7 Å². The van der Waals surface area contributed by atoms with Crippen LogP contribution in [-0.2, 0) is 0 Å². The Labute approximate surface area is 172 Å². The Morgan fingerprint density at radius 3 is 2.86 bits per heavy atom. The Morgan fingerprint density at radius 1 is 1.17 bits per heavy atom. The molecule has 0 aliphatic carbocycles. The normalized spacial score (nSPS) is 15.8. The number of benzene rings is 1. The predicted octanol–water partition coefficient (Wildman–Crippen LogP) is 2.55. The molecule has 1 aromatic carbocycles. The molecule has 2 aromatic heterocycles. The molecule has 2 aliphatic heterocycles. The third kappa shape index (κ3) is 3.76. The minimum atomic E-state index is 0.254. The van der Waals surface area contributed by atoms with Gasteiger partial charge >= 0.3 is 0 Å². The smallest absolute Gasteiger partial charge is 0.231 e. The van der Waals surface area contributed by atoms with Gasteiger partial charge in [0.25, 0.3) is 0 Å². The quantitative estimate of drug-likeness (QED) is 0.641. The van der Waals surface area contributed by atoms with Gasteiger partial charge in [0.05, 0.1) is 0 Å². The average molecular weight is 411 g/mol. The van der Waals surface area contributed by atoms with Gasteiger partial charge in [-0.1, -0.05) is 6.07 Å². The first-order valence-corrected chi connectivity index (χ1v) is 10.5. The molecule has 29 heavy (non-hydrogen) atoms. The molecule has 2 aliphatic rings.